The van der Waals surface area contributed by atoms with Crippen LogP contribution in [0, 0.1) is 0 Å². The van der Waals surface area contributed by atoms with Crippen molar-refractivity contribution in [3.05, 3.63) is 44.7 Å². The second-order valence-corrected chi connectivity index (χ2v) is 9.48. The normalized spacial score (nSPS) is 20.7. The standard InChI is InChI=1S/C22H28N4OS/c1-25-9-8-19-16(13-25)12-23-21(24-19)15-6-10-26(11-7-15)22(27)18-14-28-20-5-3-2-4-17(18)20/h12,14-15H,2-11,13H2,1H3. The summed E-state index contributed by atoms with van der Waals surface area (Å²) in [7, 11) is 2.15. The van der Waals surface area contributed by atoms with E-state index in [9.17, 15) is 4.79 Å². The van der Waals surface area contributed by atoms with Crippen molar-refractivity contribution >= 4 is 17.2 Å². The Balaban J connectivity index is 1.25. The van der Waals surface area contributed by atoms with Crippen molar-refractivity contribution in [2.75, 3.05) is 26.7 Å². The molecule has 0 N–H and O–H groups in total. The fourth-order valence-electron chi connectivity index (χ4n) is 4.85. The van der Waals surface area contributed by atoms with Gasteiger partial charge in [-0.15, -0.1) is 11.3 Å². The number of nitrogens with zero attached hydrogens (tertiary/aromatic N) is 4. The van der Waals surface area contributed by atoms with Gasteiger partial charge in [0.2, 0.25) is 0 Å². The Morgan fingerprint density at radius 2 is 1.96 bits per heavy atom. The summed E-state index contributed by atoms with van der Waals surface area (Å²) in [5.74, 6) is 1.61. The van der Waals surface area contributed by atoms with E-state index in [1.54, 1.807) is 11.3 Å². The quantitative estimate of drug-likeness (QED) is 0.780. The molecule has 1 fully saturated rings. The summed E-state index contributed by atoms with van der Waals surface area (Å²) >= 11 is 1.78. The molecular formula is C22H28N4OS. The average molecular weight is 397 g/mol. The van der Waals surface area contributed by atoms with Crippen molar-refractivity contribution in [2.24, 2.45) is 0 Å². The lowest BCUT2D eigenvalue weighted by atomic mass is 9.93. The minimum Gasteiger partial charge on any atom is -0.339 e. The SMILES string of the molecule is CN1CCc2nc(C3CCN(C(=O)c4csc5c4CCCC5)CC3)ncc2C1. The highest BCUT2D eigenvalue weighted by Gasteiger charge is 2.29. The zero-order valence-electron chi connectivity index (χ0n) is 16.6. The molecule has 148 valence electrons. The Morgan fingerprint density at radius 3 is 2.82 bits per heavy atom. The smallest absolute Gasteiger partial charge is 0.254 e. The molecule has 3 aliphatic rings. The first-order valence-corrected chi connectivity index (χ1v) is 11.5. The van der Waals surface area contributed by atoms with Crippen LogP contribution in [0.5, 0.6) is 0 Å². The third-order valence-corrected chi connectivity index (χ3v) is 7.67. The van der Waals surface area contributed by atoms with E-state index in [2.05, 4.69) is 27.2 Å². The molecule has 2 aliphatic heterocycles. The number of rotatable bonds is 2. The maximum Gasteiger partial charge on any atom is 0.254 e. The van der Waals surface area contributed by atoms with E-state index in [1.807, 2.05) is 6.20 Å². The highest BCUT2D eigenvalue weighted by Crippen LogP contribution is 2.33. The molecule has 4 heterocycles. The predicted molar refractivity (Wildman–Crippen MR) is 111 cm³/mol. The van der Waals surface area contributed by atoms with E-state index in [0.29, 0.717) is 5.92 Å². The topological polar surface area (TPSA) is 49.3 Å². The fraction of sp³-hybridized carbons (Fsp3) is 0.591. The summed E-state index contributed by atoms with van der Waals surface area (Å²) in [5, 5.41) is 2.11. The molecule has 0 bridgehead atoms. The first kappa shape index (κ1) is 18.3. The van der Waals surface area contributed by atoms with Gasteiger partial charge < -0.3 is 9.80 Å². The molecule has 0 atom stereocenters. The van der Waals surface area contributed by atoms with Gasteiger partial charge in [0, 0.05) is 66.2 Å². The number of hydrogen-bond acceptors (Lipinski definition) is 5. The third kappa shape index (κ3) is 3.37. The predicted octanol–water partition coefficient (Wildman–Crippen LogP) is 3.42. The first-order chi connectivity index (χ1) is 13.7. The van der Waals surface area contributed by atoms with E-state index in [4.69, 9.17) is 4.98 Å². The van der Waals surface area contributed by atoms with Crippen LogP contribution in [-0.2, 0) is 25.8 Å². The summed E-state index contributed by atoms with van der Waals surface area (Å²) < 4.78 is 0. The summed E-state index contributed by atoms with van der Waals surface area (Å²) in [6, 6.07) is 0. The van der Waals surface area contributed by atoms with E-state index in [0.717, 1.165) is 69.7 Å². The summed E-state index contributed by atoms with van der Waals surface area (Å²) in [6.45, 7) is 3.66. The van der Waals surface area contributed by atoms with Crippen LogP contribution in [0.15, 0.2) is 11.6 Å². The Bertz CT molecular complexity index is 885. The molecule has 6 heteroatoms. The minimum absolute atomic E-state index is 0.243. The van der Waals surface area contributed by atoms with Crippen LogP contribution in [-0.4, -0.2) is 52.4 Å². The summed E-state index contributed by atoms with van der Waals surface area (Å²) in [4.78, 5) is 28.5. The molecule has 1 saturated heterocycles. The lowest BCUT2D eigenvalue weighted by Gasteiger charge is -2.32. The van der Waals surface area contributed by atoms with Crippen molar-refractivity contribution < 1.29 is 4.79 Å². The van der Waals surface area contributed by atoms with Crippen LogP contribution >= 0.6 is 11.3 Å². The Hall–Kier alpha value is -1.79. The van der Waals surface area contributed by atoms with E-state index < -0.39 is 0 Å². The number of aromatic nitrogens is 2. The van der Waals surface area contributed by atoms with Gasteiger partial charge in [0.25, 0.3) is 5.91 Å². The van der Waals surface area contributed by atoms with Crippen LogP contribution in [0.4, 0.5) is 0 Å². The van der Waals surface area contributed by atoms with Crippen LogP contribution in [0.25, 0.3) is 0 Å². The number of thiophene rings is 1. The third-order valence-electron chi connectivity index (χ3n) is 6.58. The van der Waals surface area contributed by atoms with Crippen LogP contribution in [0.1, 0.15) is 69.5 Å². The van der Waals surface area contributed by atoms with Crippen LogP contribution in [0.3, 0.4) is 0 Å². The van der Waals surface area contributed by atoms with Crippen molar-refractivity contribution in [1.29, 1.82) is 0 Å². The van der Waals surface area contributed by atoms with Gasteiger partial charge in [-0.3, -0.25) is 4.79 Å². The van der Waals surface area contributed by atoms with Gasteiger partial charge in [-0.1, -0.05) is 0 Å². The molecule has 2 aromatic rings. The monoisotopic (exact) mass is 396 g/mol. The number of likely N-dealkylation sites (tertiary alicyclic amines) is 1. The fourth-order valence-corrected chi connectivity index (χ4v) is 5.97. The Labute approximate surface area is 170 Å². The van der Waals surface area contributed by atoms with Gasteiger partial charge in [-0.25, -0.2) is 9.97 Å². The molecule has 0 spiro atoms. The number of fused-ring (bicyclic) bond motifs is 2. The number of hydrogen-bond donors (Lipinski definition) is 0. The number of carbonyl (C=O) groups is 1. The second-order valence-electron chi connectivity index (χ2n) is 8.51. The number of carbonyl (C=O) groups excluding carboxylic acids is 1. The van der Waals surface area contributed by atoms with Crippen molar-refractivity contribution in [1.82, 2.24) is 19.8 Å². The van der Waals surface area contributed by atoms with Gasteiger partial charge >= 0.3 is 0 Å². The molecule has 1 aliphatic carbocycles. The molecule has 5 rings (SSSR count). The molecule has 2 aromatic heterocycles. The molecule has 0 aromatic carbocycles. The lowest BCUT2D eigenvalue weighted by molar-refractivity contribution is 0.0710. The van der Waals surface area contributed by atoms with Crippen molar-refractivity contribution in [3.63, 3.8) is 0 Å². The van der Waals surface area contributed by atoms with Gasteiger partial charge in [0.15, 0.2) is 0 Å². The van der Waals surface area contributed by atoms with Gasteiger partial charge in [-0.05, 0) is 51.1 Å². The first-order valence-electron chi connectivity index (χ1n) is 10.6. The highest BCUT2D eigenvalue weighted by molar-refractivity contribution is 7.10. The Kier molecular flexibility index (Phi) is 4.93. The van der Waals surface area contributed by atoms with Crippen molar-refractivity contribution in [2.45, 2.75) is 57.4 Å². The molecule has 0 unspecified atom stereocenters. The van der Waals surface area contributed by atoms with Crippen molar-refractivity contribution in [3.8, 4) is 0 Å². The van der Waals surface area contributed by atoms with Crippen LogP contribution in [0.2, 0.25) is 0 Å². The highest BCUT2D eigenvalue weighted by atomic mass is 32.1. The zero-order valence-corrected chi connectivity index (χ0v) is 17.4. The largest absolute Gasteiger partial charge is 0.339 e. The number of aryl methyl sites for hydroxylation is 1. The minimum atomic E-state index is 0.243. The Morgan fingerprint density at radius 1 is 1.14 bits per heavy atom. The second kappa shape index (κ2) is 7.56. The van der Waals surface area contributed by atoms with E-state index >= 15 is 0 Å². The number of piperidine rings is 1. The zero-order chi connectivity index (χ0) is 19.1. The number of amides is 1. The molecule has 28 heavy (non-hydrogen) atoms. The summed E-state index contributed by atoms with van der Waals surface area (Å²) in [6.07, 6.45) is 9.70. The maximum absolute atomic E-state index is 13.1. The van der Waals surface area contributed by atoms with Gasteiger partial charge in [0.1, 0.15) is 5.82 Å². The lowest BCUT2D eigenvalue weighted by Crippen LogP contribution is -2.38. The number of likely N-dealkylation sites (N-methyl/N-ethyl adjacent to an activating group) is 1. The molecular weight excluding hydrogens is 368 g/mol. The molecule has 1 amide bonds. The van der Waals surface area contributed by atoms with Gasteiger partial charge in [-0.2, -0.15) is 0 Å². The van der Waals surface area contributed by atoms with Crippen LogP contribution < -0.4 is 0 Å². The molecule has 0 radical (unpaired) electrons. The van der Waals surface area contributed by atoms with E-state index in [-0.39, 0.29) is 5.91 Å². The van der Waals surface area contributed by atoms with Gasteiger partial charge in [0.05, 0.1) is 5.56 Å². The van der Waals surface area contributed by atoms with E-state index in [1.165, 1.54) is 34.5 Å². The maximum atomic E-state index is 13.1. The summed E-state index contributed by atoms with van der Waals surface area (Å²) in [5.41, 5.74) is 4.82. The average Bonchev–Trinajstić information content (AvgIpc) is 3.17. The molecule has 5 nitrogen and oxygen atoms in total. The molecule has 0 saturated carbocycles.